The highest BCUT2D eigenvalue weighted by Crippen LogP contribution is 2.44. The van der Waals surface area contributed by atoms with Crippen molar-refractivity contribution in [1.82, 2.24) is 4.90 Å². The van der Waals surface area contributed by atoms with E-state index in [9.17, 15) is 14.7 Å². The smallest absolute Gasteiger partial charge is 0.409 e. The number of carboxylic acid groups (broad SMARTS) is 1. The second kappa shape index (κ2) is 8.43. The van der Waals surface area contributed by atoms with E-state index >= 15 is 0 Å². The minimum Gasteiger partial charge on any atom is -0.481 e. The maximum atomic E-state index is 13.0. The van der Waals surface area contributed by atoms with Crippen molar-refractivity contribution in [2.45, 2.75) is 11.8 Å². The van der Waals surface area contributed by atoms with E-state index in [1.165, 1.54) is 16.0 Å². The molecular weight excluding hydrogens is 470 g/mol. The molecule has 5 rings (SSSR count). The highest BCUT2D eigenvalue weighted by atomic mass is 79.9. The molecule has 3 aromatic carbocycles. The summed E-state index contributed by atoms with van der Waals surface area (Å²) in [6.45, 7) is 0.676. The summed E-state index contributed by atoms with van der Waals surface area (Å²) in [7, 11) is 0. The molecule has 32 heavy (non-hydrogen) atoms. The summed E-state index contributed by atoms with van der Waals surface area (Å²) in [5.74, 6) is -1.89. The number of rotatable bonds is 4. The van der Waals surface area contributed by atoms with Gasteiger partial charge < -0.3 is 14.7 Å². The van der Waals surface area contributed by atoms with Crippen molar-refractivity contribution in [3.8, 4) is 11.1 Å². The van der Waals surface area contributed by atoms with Crippen molar-refractivity contribution in [3.63, 3.8) is 0 Å². The number of nitrogens with zero attached hydrogens (tertiary/aromatic N) is 1. The van der Waals surface area contributed by atoms with Gasteiger partial charge in [-0.2, -0.15) is 0 Å². The Morgan fingerprint density at radius 3 is 2.03 bits per heavy atom. The molecule has 6 heteroatoms. The number of amides is 1. The number of fused-ring (bicyclic) bond motifs is 3. The summed E-state index contributed by atoms with van der Waals surface area (Å²) in [6, 6.07) is 23.9. The van der Waals surface area contributed by atoms with Gasteiger partial charge in [0.25, 0.3) is 0 Å². The van der Waals surface area contributed by atoms with E-state index < -0.39 is 18.0 Å². The van der Waals surface area contributed by atoms with E-state index in [-0.39, 0.29) is 25.0 Å². The van der Waals surface area contributed by atoms with Crippen LogP contribution in [0.15, 0.2) is 77.3 Å². The molecule has 2 atom stereocenters. The van der Waals surface area contributed by atoms with E-state index in [4.69, 9.17) is 4.74 Å². The Labute approximate surface area is 194 Å². The third-order valence-corrected chi connectivity index (χ3v) is 7.26. The molecule has 5 nitrogen and oxygen atoms in total. The predicted molar refractivity (Wildman–Crippen MR) is 125 cm³/mol. The molecule has 1 saturated heterocycles. The number of ether oxygens (including phenoxy) is 1. The molecule has 1 amide bonds. The average molecular weight is 492 g/mol. The minimum atomic E-state index is -0.903. The lowest BCUT2D eigenvalue weighted by molar-refractivity contribution is -0.141. The number of aliphatic carboxylic acids is 1. The lowest BCUT2D eigenvalue weighted by Gasteiger charge is -2.19. The van der Waals surface area contributed by atoms with Crippen LogP contribution in [0.25, 0.3) is 11.1 Å². The first-order chi connectivity index (χ1) is 15.5. The number of benzene rings is 3. The molecule has 0 bridgehead atoms. The molecule has 162 valence electrons. The topological polar surface area (TPSA) is 66.8 Å². The first-order valence-corrected chi connectivity index (χ1v) is 11.4. The number of hydrogen-bond donors (Lipinski definition) is 1. The second-order valence-electron chi connectivity index (χ2n) is 8.28. The first kappa shape index (κ1) is 20.8. The second-order valence-corrected chi connectivity index (χ2v) is 9.14. The third-order valence-electron chi connectivity index (χ3n) is 6.54. The molecule has 1 aliphatic carbocycles. The molecule has 2 aliphatic rings. The predicted octanol–water partition coefficient (Wildman–Crippen LogP) is 5.50. The summed E-state index contributed by atoms with van der Waals surface area (Å²) in [4.78, 5) is 26.4. The van der Waals surface area contributed by atoms with Crippen molar-refractivity contribution < 1.29 is 19.4 Å². The van der Waals surface area contributed by atoms with Gasteiger partial charge >= 0.3 is 12.1 Å². The lowest BCUT2D eigenvalue weighted by Crippen LogP contribution is -2.31. The van der Waals surface area contributed by atoms with Crippen LogP contribution in [0.4, 0.5) is 4.79 Å². The molecular formula is C26H22BrNO4. The van der Waals surface area contributed by atoms with Crippen molar-refractivity contribution >= 4 is 28.0 Å². The highest BCUT2D eigenvalue weighted by Gasteiger charge is 2.42. The van der Waals surface area contributed by atoms with E-state index in [1.807, 2.05) is 48.5 Å². The van der Waals surface area contributed by atoms with Crippen LogP contribution in [-0.4, -0.2) is 41.8 Å². The van der Waals surface area contributed by atoms with Gasteiger partial charge in [0.15, 0.2) is 0 Å². The Kier molecular flexibility index (Phi) is 5.47. The zero-order valence-electron chi connectivity index (χ0n) is 17.3. The van der Waals surface area contributed by atoms with Crippen molar-refractivity contribution in [2.75, 3.05) is 19.7 Å². The van der Waals surface area contributed by atoms with E-state index in [0.29, 0.717) is 6.54 Å². The van der Waals surface area contributed by atoms with Crippen LogP contribution in [0.3, 0.4) is 0 Å². The monoisotopic (exact) mass is 491 g/mol. The number of hydrogen-bond acceptors (Lipinski definition) is 3. The number of carbonyl (C=O) groups excluding carboxylic acids is 1. The fraction of sp³-hybridized carbons (Fsp3) is 0.231. The van der Waals surface area contributed by atoms with Crippen LogP contribution in [0.1, 0.15) is 28.5 Å². The van der Waals surface area contributed by atoms with Gasteiger partial charge in [0, 0.05) is 29.4 Å². The maximum absolute atomic E-state index is 13.0. The van der Waals surface area contributed by atoms with Gasteiger partial charge in [0.1, 0.15) is 6.61 Å². The van der Waals surface area contributed by atoms with Crippen LogP contribution in [0.2, 0.25) is 0 Å². The summed E-state index contributed by atoms with van der Waals surface area (Å²) < 4.78 is 6.60. The Balaban J connectivity index is 1.33. The fourth-order valence-corrected chi connectivity index (χ4v) is 5.56. The Morgan fingerprint density at radius 1 is 0.875 bits per heavy atom. The molecule has 3 aromatic rings. The van der Waals surface area contributed by atoms with Gasteiger partial charge in [-0.1, -0.05) is 82.7 Å². The normalized spacial score (nSPS) is 19.5. The van der Waals surface area contributed by atoms with Gasteiger partial charge in [-0.3, -0.25) is 4.79 Å². The zero-order chi connectivity index (χ0) is 22.2. The quantitative estimate of drug-likeness (QED) is 0.523. The summed E-state index contributed by atoms with van der Waals surface area (Å²) in [5, 5.41) is 9.76. The van der Waals surface area contributed by atoms with Gasteiger partial charge in [0.05, 0.1) is 5.92 Å². The molecule has 1 heterocycles. The minimum absolute atomic E-state index is 0.0247. The van der Waals surface area contributed by atoms with Crippen LogP contribution < -0.4 is 0 Å². The van der Waals surface area contributed by atoms with Gasteiger partial charge in [-0.25, -0.2) is 4.79 Å². The molecule has 1 aliphatic heterocycles. The van der Waals surface area contributed by atoms with Crippen LogP contribution in [0, 0.1) is 5.92 Å². The molecule has 1 fully saturated rings. The standard InChI is InChI=1S/C26H22BrNO4/c27-24-12-6-5-11-20(24)21-13-28(14-22(21)25(29)30)26(31)32-15-23-18-9-3-1-7-16(18)17-8-2-4-10-19(17)23/h1-12,21-23H,13-15H2,(H,29,30). The number of carbonyl (C=O) groups is 2. The summed E-state index contributed by atoms with van der Waals surface area (Å²) in [5.41, 5.74) is 5.54. The van der Waals surface area contributed by atoms with E-state index in [1.54, 1.807) is 0 Å². The Bertz CT molecular complexity index is 1150. The molecule has 2 unspecified atom stereocenters. The van der Waals surface area contributed by atoms with Crippen LogP contribution in [-0.2, 0) is 9.53 Å². The van der Waals surface area contributed by atoms with Gasteiger partial charge in [0.2, 0.25) is 0 Å². The SMILES string of the molecule is O=C(O)C1CN(C(=O)OCC2c3ccccc3-c3ccccc32)CC1c1ccccc1Br. The molecule has 0 aromatic heterocycles. The molecule has 0 saturated carbocycles. The lowest BCUT2D eigenvalue weighted by atomic mass is 9.89. The van der Waals surface area contributed by atoms with Crippen molar-refractivity contribution in [2.24, 2.45) is 5.92 Å². The van der Waals surface area contributed by atoms with Crippen LogP contribution >= 0.6 is 15.9 Å². The van der Waals surface area contributed by atoms with Gasteiger partial charge in [-0.05, 0) is 33.9 Å². The van der Waals surface area contributed by atoms with E-state index in [0.717, 1.165) is 21.2 Å². The Morgan fingerprint density at radius 2 is 1.44 bits per heavy atom. The largest absolute Gasteiger partial charge is 0.481 e. The van der Waals surface area contributed by atoms with E-state index in [2.05, 4.69) is 40.2 Å². The highest BCUT2D eigenvalue weighted by molar-refractivity contribution is 9.10. The summed E-state index contributed by atoms with van der Waals surface area (Å²) in [6.07, 6.45) is -0.465. The van der Waals surface area contributed by atoms with Gasteiger partial charge in [-0.15, -0.1) is 0 Å². The third kappa shape index (κ3) is 3.58. The zero-order valence-corrected chi connectivity index (χ0v) is 18.9. The fourth-order valence-electron chi connectivity index (χ4n) is 4.98. The molecule has 0 radical (unpaired) electrons. The molecule has 1 N–H and O–H groups in total. The average Bonchev–Trinajstić information content (AvgIpc) is 3.38. The van der Waals surface area contributed by atoms with Crippen molar-refractivity contribution in [3.05, 3.63) is 94.0 Å². The summed E-state index contributed by atoms with van der Waals surface area (Å²) >= 11 is 3.52. The number of likely N-dealkylation sites (tertiary alicyclic amines) is 1. The van der Waals surface area contributed by atoms with Crippen LogP contribution in [0.5, 0.6) is 0 Å². The number of carboxylic acids is 1. The number of halogens is 1. The van der Waals surface area contributed by atoms with Crippen molar-refractivity contribution in [1.29, 1.82) is 0 Å². The molecule has 0 spiro atoms. The first-order valence-electron chi connectivity index (χ1n) is 10.6. The Hall–Kier alpha value is -3.12. The maximum Gasteiger partial charge on any atom is 0.409 e.